The summed E-state index contributed by atoms with van der Waals surface area (Å²) in [6.07, 6.45) is 0. The highest BCUT2D eigenvalue weighted by Gasteiger charge is 2.16. The summed E-state index contributed by atoms with van der Waals surface area (Å²) in [7, 11) is 0. The number of aromatic nitrogens is 2. The van der Waals surface area contributed by atoms with E-state index in [-0.39, 0.29) is 11.7 Å². The highest BCUT2D eigenvalue weighted by Crippen LogP contribution is 2.30. The second-order valence-electron chi connectivity index (χ2n) is 4.35. The summed E-state index contributed by atoms with van der Waals surface area (Å²) in [6.45, 7) is 0. The van der Waals surface area contributed by atoms with Crippen molar-refractivity contribution in [2.24, 2.45) is 0 Å². The number of imidazole rings is 1. The van der Waals surface area contributed by atoms with Crippen molar-refractivity contribution < 1.29 is 4.39 Å². The molecule has 108 valence electrons. The second-order valence-corrected chi connectivity index (χ2v) is 7.43. The number of alkyl halides is 1. The van der Waals surface area contributed by atoms with E-state index in [1.807, 2.05) is 40.8 Å². The van der Waals surface area contributed by atoms with Gasteiger partial charge in [0, 0.05) is 9.64 Å². The number of benzene rings is 2. The normalized spacial score (nSPS) is 11.3. The van der Waals surface area contributed by atoms with Gasteiger partial charge in [-0.25, -0.2) is 9.37 Å². The Morgan fingerprint density at radius 1 is 1.19 bits per heavy atom. The van der Waals surface area contributed by atoms with Crippen LogP contribution in [-0.2, 0) is 5.88 Å². The van der Waals surface area contributed by atoms with Crippen LogP contribution < -0.4 is 0 Å². The molecular formula is C14H7Cl2FI2N2. The van der Waals surface area contributed by atoms with Crippen molar-refractivity contribution in [1.29, 1.82) is 0 Å². The summed E-state index contributed by atoms with van der Waals surface area (Å²) >= 11 is 16.5. The van der Waals surface area contributed by atoms with E-state index in [9.17, 15) is 4.39 Å². The molecule has 0 fully saturated rings. The van der Waals surface area contributed by atoms with Gasteiger partial charge in [-0.3, -0.25) is 4.57 Å². The maximum absolute atomic E-state index is 13.9. The lowest BCUT2D eigenvalue weighted by Crippen LogP contribution is -2.00. The first kappa shape index (κ1) is 15.8. The molecule has 1 aromatic heterocycles. The Kier molecular flexibility index (Phi) is 4.63. The Labute approximate surface area is 157 Å². The minimum absolute atomic E-state index is 0.217. The van der Waals surface area contributed by atoms with Gasteiger partial charge in [-0.15, -0.1) is 11.6 Å². The molecule has 0 aliphatic rings. The van der Waals surface area contributed by atoms with Crippen LogP contribution in [0.2, 0.25) is 5.02 Å². The van der Waals surface area contributed by atoms with E-state index in [4.69, 9.17) is 23.2 Å². The van der Waals surface area contributed by atoms with Crippen molar-refractivity contribution in [3.05, 3.63) is 54.1 Å². The molecule has 0 unspecified atom stereocenters. The first-order valence-electron chi connectivity index (χ1n) is 5.89. The Balaban J connectivity index is 2.37. The van der Waals surface area contributed by atoms with E-state index >= 15 is 0 Å². The smallest absolute Gasteiger partial charge is 0.138 e. The van der Waals surface area contributed by atoms with E-state index < -0.39 is 0 Å². The third-order valence-corrected chi connectivity index (χ3v) is 5.08. The summed E-state index contributed by atoms with van der Waals surface area (Å²) in [5.41, 5.74) is 2.11. The zero-order chi connectivity index (χ0) is 15.1. The van der Waals surface area contributed by atoms with Crippen LogP contribution >= 0.6 is 68.4 Å². The van der Waals surface area contributed by atoms with E-state index in [1.54, 1.807) is 10.6 Å². The number of hydrogen-bond acceptors (Lipinski definition) is 1. The van der Waals surface area contributed by atoms with Gasteiger partial charge >= 0.3 is 0 Å². The van der Waals surface area contributed by atoms with Gasteiger partial charge in [0.1, 0.15) is 11.6 Å². The molecule has 3 rings (SSSR count). The minimum atomic E-state index is -0.285. The molecule has 0 aliphatic carbocycles. The lowest BCUT2D eigenvalue weighted by Gasteiger charge is -2.10. The minimum Gasteiger partial charge on any atom is -0.294 e. The average molecular weight is 547 g/mol. The number of nitrogens with zero attached hydrogens (tertiary/aromatic N) is 2. The molecule has 2 aromatic carbocycles. The maximum Gasteiger partial charge on any atom is 0.138 e. The molecule has 2 nitrogen and oxygen atoms in total. The van der Waals surface area contributed by atoms with E-state index in [0.717, 1.165) is 9.26 Å². The largest absolute Gasteiger partial charge is 0.294 e. The number of rotatable bonds is 2. The number of halogens is 5. The van der Waals surface area contributed by atoms with Crippen molar-refractivity contribution in [3.63, 3.8) is 0 Å². The predicted molar refractivity (Wildman–Crippen MR) is 101 cm³/mol. The molecule has 0 aliphatic heterocycles. The summed E-state index contributed by atoms with van der Waals surface area (Å²) in [6, 6.07) is 8.85. The summed E-state index contributed by atoms with van der Waals surface area (Å²) in [5, 5.41) is 0.575. The van der Waals surface area contributed by atoms with Gasteiger partial charge < -0.3 is 0 Å². The molecule has 3 aromatic rings. The molecule has 1 heterocycles. The standard InChI is InChI=1S/C14H7Cl2FI2N2/c15-6-14-20-11-5-10(19)9(17)4-13(11)21(14)12-2-1-7(18)3-8(12)16/h1-5H,6H2. The summed E-state index contributed by atoms with van der Waals surface area (Å²) in [4.78, 5) is 4.47. The van der Waals surface area contributed by atoms with Gasteiger partial charge in [-0.1, -0.05) is 11.6 Å². The first-order valence-corrected chi connectivity index (χ1v) is 8.96. The third kappa shape index (κ3) is 2.89. The lowest BCUT2D eigenvalue weighted by atomic mass is 10.2. The van der Waals surface area contributed by atoms with Crippen LogP contribution in [0.25, 0.3) is 16.7 Å². The van der Waals surface area contributed by atoms with Crippen molar-refractivity contribution in [3.8, 4) is 5.69 Å². The Bertz CT molecular complexity index is 849. The lowest BCUT2D eigenvalue weighted by molar-refractivity contribution is 0.622. The Morgan fingerprint density at radius 3 is 2.62 bits per heavy atom. The Hall–Kier alpha value is -0.120. The summed E-state index contributed by atoms with van der Waals surface area (Å²) in [5.74, 6) is 0.568. The molecule has 21 heavy (non-hydrogen) atoms. The van der Waals surface area contributed by atoms with Crippen molar-refractivity contribution in [2.45, 2.75) is 5.88 Å². The Morgan fingerprint density at radius 2 is 1.95 bits per heavy atom. The molecule has 0 radical (unpaired) electrons. The van der Waals surface area contributed by atoms with Gasteiger partial charge in [0.25, 0.3) is 0 Å². The van der Waals surface area contributed by atoms with Crippen LogP contribution in [0.3, 0.4) is 0 Å². The molecule has 0 saturated carbocycles. The van der Waals surface area contributed by atoms with Crippen molar-refractivity contribution >= 4 is 79.4 Å². The number of hydrogen-bond donors (Lipinski definition) is 0. The van der Waals surface area contributed by atoms with Gasteiger partial charge in [0.15, 0.2) is 0 Å². The first-order chi connectivity index (χ1) is 10.0. The fourth-order valence-corrected chi connectivity index (χ4v) is 3.71. The predicted octanol–water partition coefficient (Wildman–Crippen LogP) is 5.77. The second kappa shape index (κ2) is 6.17. The fourth-order valence-electron chi connectivity index (χ4n) is 2.14. The van der Waals surface area contributed by atoms with Crippen LogP contribution in [-0.4, -0.2) is 9.55 Å². The monoisotopic (exact) mass is 546 g/mol. The van der Waals surface area contributed by atoms with Crippen LogP contribution in [0.15, 0.2) is 30.3 Å². The molecule has 7 heteroatoms. The number of fused-ring (bicyclic) bond motifs is 1. The summed E-state index contributed by atoms with van der Waals surface area (Å²) < 4.78 is 17.3. The van der Waals surface area contributed by atoms with Crippen LogP contribution in [0.1, 0.15) is 5.82 Å². The SMILES string of the molecule is Fc1cc2c(cc1I)nc(CCl)n2-c1ccc(I)cc1Cl. The molecular weight excluding hydrogens is 540 g/mol. The van der Waals surface area contributed by atoms with Gasteiger partial charge in [0.2, 0.25) is 0 Å². The molecule has 0 bridgehead atoms. The highest BCUT2D eigenvalue weighted by atomic mass is 127. The molecule has 0 atom stereocenters. The van der Waals surface area contributed by atoms with E-state index in [0.29, 0.717) is 25.5 Å². The van der Waals surface area contributed by atoms with Crippen LogP contribution in [0, 0.1) is 13.0 Å². The quantitative estimate of drug-likeness (QED) is 0.295. The molecule has 0 N–H and O–H groups in total. The van der Waals surface area contributed by atoms with Gasteiger partial charge in [0.05, 0.1) is 31.2 Å². The van der Waals surface area contributed by atoms with E-state index in [1.165, 1.54) is 6.07 Å². The van der Waals surface area contributed by atoms with Crippen LogP contribution in [0.4, 0.5) is 4.39 Å². The molecule has 0 spiro atoms. The van der Waals surface area contributed by atoms with Gasteiger partial charge in [-0.05, 0) is 69.4 Å². The fraction of sp³-hybridized carbons (Fsp3) is 0.0714. The van der Waals surface area contributed by atoms with Crippen molar-refractivity contribution in [2.75, 3.05) is 0 Å². The van der Waals surface area contributed by atoms with Crippen molar-refractivity contribution in [1.82, 2.24) is 9.55 Å². The molecule has 0 amide bonds. The van der Waals surface area contributed by atoms with Crippen LogP contribution in [0.5, 0.6) is 0 Å². The average Bonchev–Trinajstić information content (AvgIpc) is 2.77. The van der Waals surface area contributed by atoms with Gasteiger partial charge in [-0.2, -0.15) is 0 Å². The van der Waals surface area contributed by atoms with E-state index in [2.05, 4.69) is 27.6 Å². The maximum atomic E-state index is 13.9. The molecule has 0 saturated heterocycles. The highest BCUT2D eigenvalue weighted by molar-refractivity contribution is 14.1. The zero-order valence-electron chi connectivity index (χ0n) is 10.4. The topological polar surface area (TPSA) is 17.8 Å². The third-order valence-electron chi connectivity index (χ3n) is 3.04. The zero-order valence-corrected chi connectivity index (χ0v) is 16.2.